The van der Waals surface area contributed by atoms with Gasteiger partial charge in [-0.25, -0.2) is 4.98 Å². The fourth-order valence-electron chi connectivity index (χ4n) is 7.20. The highest BCUT2D eigenvalue weighted by atomic mass is 16.5. The Labute approximate surface area is 311 Å². The van der Waals surface area contributed by atoms with Crippen LogP contribution in [0.1, 0.15) is 88.0 Å². The van der Waals surface area contributed by atoms with Gasteiger partial charge < -0.3 is 41.8 Å². The van der Waals surface area contributed by atoms with E-state index in [1.54, 1.807) is 18.3 Å². The minimum absolute atomic E-state index is 0.0819. The molecule has 13 heteroatoms. The van der Waals surface area contributed by atoms with Crippen LogP contribution in [0.2, 0.25) is 0 Å². The molecule has 8 N–H and O–H groups in total. The van der Waals surface area contributed by atoms with E-state index in [1.807, 2.05) is 50.2 Å². The summed E-state index contributed by atoms with van der Waals surface area (Å²) >= 11 is 0. The van der Waals surface area contributed by atoms with Crippen LogP contribution in [-0.2, 0) is 32.0 Å². The van der Waals surface area contributed by atoms with E-state index < -0.39 is 36.0 Å². The van der Waals surface area contributed by atoms with E-state index in [2.05, 4.69) is 31.2 Å². The molecule has 1 aliphatic carbocycles. The summed E-state index contributed by atoms with van der Waals surface area (Å²) in [5.41, 5.74) is 8.88. The third-order valence-electron chi connectivity index (χ3n) is 10.1. The quantitative estimate of drug-likeness (QED) is 0.0968. The zero-order valence-corrected chi connectivity index (χ0v) is 30.8. The third kappa shape index (κ3) is 12.1. The minimum atomic E-state index is -1.12. The van der Waals surface area contributed by atoms with Gasteiger partial charge in [0.25, 0.3) is 0 Å². The summed E-state index contributed by atoms with van der Waals surface area (Å²) in [6.45, 7) is 4.79. The van der Waals surface area contributed by atoms with Crippen LogP contribution in [-0.4, -0.2) is 76.1 Å². The maximum absolute atomic E-state index is 14.2. The van der Waals surface area contributed by atoms with Gasteiger partial charge in [-0.3, -0.25) is 19.2 Å². The molecular weight excluding hydrogens is 674 g/mol. The van der Waals surface area contributed by atoms with Gasteiger partial charge in [0.15, 0.2) is 0 Å². The number of amides is 4. The topological polar surface area (TPSA) is 201 Å². The summed E-state index contributed by atoms with van der Waals surface area (Å²) < 4.78 is 5.78. The van der Waals surface area contributed by atoms with Gasteiger partial charge in [-0.1, -0.05) is 76.3 Å². The number of anilines is 1. The fourth-order valence-corrected chi connectivity index (χ4v) is 7.20. The first kappa shape index (κ1) is 39.3. The van der Waals surface area contributed by atoms with Gasteiger partial charge in [0, 0.05) is 54.9 Å². The Bertz CT molecular complexity index is 1640. The van der Waals surface area contributed by atoms with Crippen molar-refractivity contribution in [3.8, 4) is 5.75 Å². The van der Waals surface area contributed by atoms with Crippen molar-refractivity contribution in [3.63, 3.8) is 0 Å². The van der Waals surface area contributed by atoms with Crippen LogP contribution in [0.25, 0.3) is 0 Å². The molecule has 0 bridgehead atoms. The molecule has 5 rings (SSSR count). The third-order valence-corrected chi connectivity index (χ3v) is 10.1. The summed E-state index contributed by atoms with van der Waals surface area (Å²) in [4.78, 5) is 61.6. The fraction of sp³-hybridized carbons (Fsp3) is 0.525. The lowest BCUT2D eigenvalue weighted by Crippen LogP contribution is -2.57. The van der Waals surface area contributed by atoms with Crippen LogP contribution < -0.4 is 31.7 Å². The maximum Gasteiger partial charge on any atom is 0.243 e. The second-order valence-corrected chi connectivity index (χ2v) is 15.0. The molecule has 1 saturated carbocycles. The predicted molar refractivity (Wildman–Crippen MR) is 202 cm³/mol. The number of aliphatic hydroxyl groups excluding tert-OH is 1. The molecule has 1 aromatic heterocycles. The normalized spacial score (nSPS) is 17.8. The first-order valence-corrected chi connectivity index (χ1v) is 18.9. The second kappa shape index (κ2) is 19.2. The number of nitrogens with zero attached hydrogens (tertiary/aromatic N) is 1. The molecule has 1 aliphatic heterocycles. The van der Waals surface area contributed by atoms with E-state index in [-0.39, 0.29) is 49.3 Å². The zero-order valence-electron chi connectivity index (χ0n) is 30.8. The molecule has 5 atom stereocenters. The number of nitrogens with two attached hydrogens (primary N) is 1. The molecule has 3 aromatic rings. The van der Waals surface area contributed by atoms with Gasteiger partial charge in [-0.15, -0.1) is 0 Å². The number of carbonyl (C=O) groups excluding carboxylic acids is 4. The first-order chi connectivity index (χ1) is 25.5. The maximum atomic E-state index is 14.2. The van der Waals surface area contributed by atoms with E-state index >= 15 is 0 Å². The standard InChI is InChI=1S/C40H55N7O6/c1-25(2)21-43-37(49)20-35(48)32(15-26-9-5-3-6-10-26)46-40(52)34(19-30-22-42-24-44-30)47-39(51)33(16-27-11-7-4-8-12-27)45-38(50)17-28-23-53-36-14-13-29(41)18-31(28)36/h4,7-8,11-14,18,22,24-26,28,32-35,48H,3,5-6,9-10,15-17,19-21,23,41H2,1-2H3,(H,42,44)(H,43,49)(H,45,50)(H,46,52)(H,47,51)/t28?,32-,33-,34-,35-/m0/s1. The minimum Gasteiger partial charge on any atom is -0.493 e. The monoisotopic (exact) mass is 729 g/mol. The lowest BCUT2D eigenvalue weighted by molar-refractivity contribution is -0.133. The van der Waals surface area contributed by atoms with Gasteiger partial charge >= 0.3 is 0 Å². The predicted octanol–water partition coefficient (Wildman–Crippen LogP) is 3.29. The number of hydrogen-bond acceptors (Lipinski definition) is 8. The molecule has 2 heterocycles. The Balaban J connectivity index is 1.32. The molecule has 13 nitrogen and oxygen atoms in total. The molecule has 53 heavy (non-hydrogen) atoms. The van der Waals surface area contributed by atoms with E-state index in [0.717, 1.165) is 43.2 Å². The van der Waals surface area contributed by atoms with Crippen LogP contribution in [0.5, 0.6) is 5.75 Å². The molecule has 0 spiro atoms. The number of fused-ring (bicyclic) bond motifs is 1. The second-order valence-electron chi connectivity index (χ2n) is 15.0. The summed E-state index contributed by atoms with van der Waals surface area (Å²) in [5.74, 6) is -0.660. The lowest BCUT2D eigenvalue weighted by atomic mass is 9.83. The lowest BCUT2D eigenvalue weighted by Gasteiger charge is -2.31. The number of rotatable bonds is 18. The number of aromatic nitrogens is 2. The van der Waals surface area contributed by atoms with Crippen LogP contribution >= 0.6 is 0 Å². The molecule has 1 unspecified atom stereocenters. The van der Waals surface area contributed by atoms with Crippen LogP contribution in [0.15, 0.2) is 61.1 Å². The SMILES string of the molecule is CC(C)CNC(=O)C[C@H](O)[C@H](CC1CCCCC1)NC(=O)[C@H](Cc1cnc[nH]1)NC(=O)[C@H](Cc1ccccc1)NC(=O)CC1COc2ccc(N)cc21. The number of aliphatic hydroxyl groups is 1. The van der Waals surface area contributed by atoms with Crippen molar-refractivity contribution in [1.82, 2.24) is 31.2 Å². The molecule has 0 saturated heterocycles. The number of imidazole rings is 1. The Morgan fingerprint density at radius 2 is 1.68 bits per heavy atom. The molecule has 0 radical (unpaired) electrons. The van der Waals surface area contributed by atoms with Gasteiger partial charge in [0.2, 0.25) is 23.6 Å². The summed E-state index contributed by atoms with van der Waals surface area (Å²) in [6, 6.07) is 11.9. The number of nitrogen functional groups attached to an aromatic ring is 1. The van der Waals surface area contributed by atoms with Crippen molar-refractivity contribution in [2.75, 3.05) is 18.9 Å². The number of carbonyl (C=O) groups is 4. The molecule has 2 aromatic carbocycles. The molecule has 1 fully saturated rings. The van der Waals surface area contributed by atoms with Crippen molar-refractivity contribution in [1.29, 1.82) is 0 Å². The Hall–Kier alpha value is -4.91. The van der Waals surface area contributed by atoms with Gasteiger partial charge in [0.1, 0.15) is 17.8 Å². The average Bonchev–Trinajstić information content (AvgIpc) is 3.80. The smallest absolute Gasteiger partial charge is 0.243 e. The number of nitrogens with one attached hydrogen (secondary N) is 5. The largest absolute Gasteiger partial charge is 0.493 e. The van der Waals surface area contributed by atoms with E-state index in [4.69, 9.17) is 10.5 Å². The average molecular weight is 730 g/mol. The van der Waals surface area contributed by atoms with E-state index in [9.17, 15) is 24.3 Å². The van der Waals surface area contributed by atoms with Crippen LogP contribution in [0.4, 0.5) is 5.69 Å². The van der Waals surface area contributed by atoms with Crippen molar-refractivity contribution < 1.29 is 29.0 Å². The summed E-state index contributed by atoms with van der Waals surface area (Å²) in [7, 11) is 0. The Morgan fingerprint density at radius 3 is 2.40 bits per heavy atom. The first-order valence-electron chi connectivity index (χ1n) is 18.9. The van der Waals surface area contributed by atoms with Crippen LogP contribution in [0, 0.1) is 11.8 Å². The summed E-state index contributed by atoms with van der Waals surface area (Å²) in [5, 5.41) is 23.0. The number of H-pyrrole nitrogens is 1. The Morgan fingerprint density at radius 1 is 0.943 bits per heavy atom. The number of hydrogen-bond donors (Lipinski definition) is 7. The van der Waals surface area contributed by atoms with Crippen molar-refractivity contribution >= 4 is 29.3 Å². The number of ether oxygens (including phenoxy) is 1. The summed E-state index contributed by atoms with van der Waals surface area (Å²) in [6.07, 6.45) is 7.96. The molecular formula is C40H55N7O6. The van der Waals surface area contributed by atoms with Gasteiger partial charge in [-0.05, 0) is 42.0 Å². The molecule has 2 aliphatic rings. The highest BCUT2D eigenvalue weighted by Gasteiger charge is 2.34. The van der Waals surface area contributed by atoms with E-state index in [1.165, 1.54) is 6.33 Å². The molecule has 4 amide bonds. The molecule has 286 valence electrons. The number of aromatic amines is 1. The van der Waals surface area contributed by atoms with Crippen LogP contribution in [0.3, 0.4) is 0 Å². The van der Waals surface area contributed by atoms with Gasteiger partial charge in [-0.2, -0.15) is 0 Å². The highest BCUT2D eigenvalue weighted by Crippen LogP contribution is 2.37. The van der Waals surface area contributed by atoms with E-state index in [0.29, 0.717) is 42.6 Å². The number of benzene rings is 2. The zero-order chi connectivity index (χ0) is 37.7. The van der Waals surface area contributed by atoms with Crippen molar-refractivity contribution in [2.45, 2.75) is 108 Å². The van der Waals surface area contributed by atoms with Gasteiger partial charge in [0.05, 0.1) is 31.5 Å². The van der Waals surface area contributed by atoms with Crippen molar-refractivity contribution in [2.24, 2.45) is 11.8 Å². The Kier molecular flexibility index (Phi) is 14.3. The van der Waals surface area contributed by atoms with Crippen molar-refractivity contribution in [3.05, 3.63) is 77.9 Å². The highest BCUT2D eigenvalue weighted by molar-refractivity contribution is 5.92.